The summed E-state index contributed by atoms with van der Waals surface area (Å²) in [6, 6.07) is 18.1. The van der Waals surface area contributed by atoms with Crippen molar-refractivity contribution in [3.63, 3.8) is 0 Å². The van der Waals surface area contributed by atoms with Crippen molar-refractivity contribution in [2.45, 2.75) is 12.5 Å². The first-order valence-corrected chi connectivity index (χ1v) is 8.21. The van der Waals surface area contributed by atoms with Crippen molar-refractivity contribution in [3.05, 3.63) is 93.9 Å². The molecule has 0 spiro atoms. The van der Waals surface area contributed by atoms with Crippen molar-refractivity contribution in [2.24, 2.45) is 0 Å². The van der Waals surface area contributed by atoms with E-state index in [1.54, 1.807) is 30.5 Å². The zero-order valence-electron chi connectivity index (χ0n) is 12.7. The largest absolute Gasteiger partial charge is 0.467 e. The van der Waals surface area contributed by atoms with E-state index in [4.69, 9.17) is 27.6 Å². The lowest BCUT2D eigenvalue weighted by atomic mass is 10.0. The van der Waals surface area contributed by atoms with Gasteiger partial charge in [0.1, 0.15) is 11.8 Å². The molecule has 24 heavy (non-hydrogen) atoms. The number of nitrogens with one attached hydrogen (secondary N) is 1. The Bertz CT molecular complexity index is 817. The van der Waals surface area contributed by atoms with Crippen LogP contribution in [0.5, 0.6) is 0 Å². The van der Waals surface area contributed by atoms with Crippen LogP contribution < -0.4 is 5.32 Å². The lowest BCUT2D eigenvalue weighted by molar-refractivity contribution is -0.121. The summed E-state index contributed by atoms with van der Waals surface area (Å²) in [6.07, 6.45) is 1.76. The SMILES string of the molecule is O=C(Cc1ccc(Cl)cc1Cl)NC(c1ccccc1)c1ccco1. The van der Waals surface area contributed by atoms with Crippen molar-refractivity contribution >= 4 is 29.1 Å². The minimum atomic E-state index is -0.347. The second-order valence-corrected chi connectivity index (χ2v) is 6.18. The molecule has 0 aliphatic carbocycles. The molecule has 3 rings (SSSR count). The molecule has 0 saturated carbocycles. The van der Waals surface area contributed by atoms with Gasteiger partial charge in [-0.3, -0.25) is 4.79 Å². The van der Waals surface area contributed by atoms with Gasteiger partial charge in [0.05, 0.1) is 12.7 Å². The summed E-state index contributed by atoms with van der Waals surface area (Å²) in [5.74, 6) is 0.529. The van der Waals surface area contributed by atoms with Gasteiger partial charge in [0.25, 0.3) is 0 Å². The Balaban J connectivity index is 1.79. The molecule has 0 aliphatic rings. The Morgan fingerprint density at radius 2 is 1.83 bits per heavy atom. The molecule has 5 heteroatoms. The Kier molecular flexibility index (Phi) is 5.24. The summed E-state index contributed by atoms with van der Waals surface area (Å²) in [5, 5.41) is 4.02. The van der Waals surface area contributed by atoms with Gasteiger partial charge in [-0.05, 0) is 35.4 Å². The highest BCUT2D eigenvalue weighted by molar-refractivity contribution is 6.35. The summed E-state index contributed by atoms with van der Waals surface area (Å²) in [4.78, 5) is 12.5. The minimum Gasteiger partial charge on any atom is -0.467 e. The summed E-state index contributed by atoms with van der Waals surface area (Å²) < 4.78 is 5.48. The van der Waals surface area contributed by atoms with Crippen molar-refractivity contribution in [1.29, 1.82) is 0 Å². The van der Waals surface area contributed by atoms with Crippen LogP contribution in [0.25, 0.3) is 0 Å². The van der Waals surface area contributed by atoms with Crippen LogP contribution in [-0.2, 0) is 11.2 Å². The van der Waals surface area contributed by atoms with E-state index in [2.05, 4.69) is 5.32 Å². The molecule has 3 aromatic rings. The molecule has 1 atom stereocenters. The monoisotopic (exact) mass is 359 g/mol. The van der Waals surface area contributed by atoms with Crippen LogP contribution in [0.3, 0.4) is 0 Å². The van der Waals surface area contributed by atoms with E-state index in [0.717, 1.165) is 11.1 Å². The zero-order valence-corrected chi connectivity index (χ0v) is 14.2. The molecular weight excluding hydrogens is 345 g/mol. The molecule has 2 aromatic carbocycles. The Hall–Kier alpha value is -2.23. The van der Waals surface area contributed by atoms with Crippen LogP contribution in [0.4, 0.5) is 0 Å². The van der Waals surface area contributed by atoms with Gasteiger partial charge in [0.2, 0.25) is 5.91 Å². The minimum absolute atomic E-state index is 0.149. The number of hydrogen-bond acceptors (Lipinski definition) is 2. The first-order valence-electron chi connectivity index (χ1n) is 7.45. The topological polar surface area (TPSA) is 42.2 Å². The summed E-state index contributed by atoms with van der Waals surface area (Å²) in [6.45, 7) is 0. The molecule has 3 nitrogen and oxygen atoms in total. The average molecular weight is 360 g/mol. The summed E-state index contributed by atoms with van der Waals surface area (Å²) in [5.41, 5.74) is 1.67. The molecule has 1 aromatic heterocycles. The maximum absolute atomic E-state index is 12.5. The number of amides is 1. The van der Waals surface area contributed by atoms with E-state index in [1.807, 2.05) is 36.4 Å². The standard InChI is InChI=1S/C19H15Cl2NO2/c20-15-9-8-14(16(21)12-15)11-18(23)22-19(17-7-4-10-24-17)13-5-2-1-3-6-13/h1-10,12,19H,11H2,(H,22,23). The number of furan rings is 1. The van der Waals surface area contributed by atoms with Gasteiger partial charge >= 0.3 is 0 Å². The Labute approximate surface area is 150 Å². The van der Waals surface area contributed by atoms with E-state index in [9.17, 15) is 4.79 Å². The highest BCUT2D eigenvalue weighted by Gasteiger charge is 2.19. The van der Waals surface area contributed by atoms with Gasteiger partial charge in [0.15, 0.2) is 0 Å². The van der Waals surface area contributed by atoms with Crippen molar-refractivity contribution in [2.75, 3.05) is 0 Å². The van der Waals surface area contributed by atoms with Gasteiger partial charge in [0, 0.05) is 10.0 Å². The van der Waals surface area contributed by atoms with Crippen LogP contribution >= 0.6 is 23.2 Å². The fourth-order valence-electron chi connectivity index (χ4n) is 2.47. The fourth-order valence-corrected chi connectivity index (χ4v) is 2.95. The average Bonchev–Trinajstić information content (AvgIpc) is 3.10. The second-order valence-electron chi connectivity index (χ2n) is 5.34. The number of benzene rings is 2. The van der Waals surface area contributed by atoms with Crippen LogP contribution in [0.2, 0.25) is 10.0 Å². The lowest BCUT2D eigenvalue weighted by Crippen LogP contribution is -2.30. The van der Waals surface area contributed by atoms with Crippen molar-refractivity contribution in [1.82, 2.24) is 5.32 Å². The second kappa shape index (κ2) is 7.56. The van der Waals surface area contributed by atoms with Gasteiger partial charge in [-0.25, -0.2) is 0 Å². The molecular formula is C19H15Cl2NO2. The normalized spacial score (nSPS) is 11.9. The van der Waals surface area contributed by atoms with E-state index in [0.29, 0.717) is 15.8 Å². The fraction of sp³-hybridized carbons (Fsp3) is 0.105. The quantitative estimate of drug-likeness (QED) is 0.693. The molecule has 122 valence electrons. The predicted octanol–water partition coefficient (Wildman–Crippen LogP) is 5.03. The zero-order chi connectivity index (χ0) is 16.9. The Morgan fingerprint density at radius 1 is 1.04 bits per heavy atom. The third kappa shape index (κ3) is 3.99. The van der Waals surface area contributed by atoms with E-state index < -0.39 is 0 Å². The van der Waals surface area contributed by atoms with E-state index >= 15 is 0 Å². The molecule has 0 saturated heterocycles. The molecule has 1 amide bonds. The first kappa shape index (κ1) is 16.6. The Morgan fingerprint density at radius 3 is 2.50 bits per heavy atom. The maximum Gasteiger partial charge on any atom is 0.225 e. The smallest absolute Gasteiger partial charge is 0.225 e. The third-order valence-corrected chi connectivity index (χ3v) is 4.22. The number of halogens is 2. The van der Waals surface area contributed by atoms with Crippen molar-refractivity contribution < 1.29 is 9.21 Å². The van der Waals surface area contributed by atoms with Crippen LogP contribution in [0.15, 0.2) is 71.3 Å². The molecule has 1 N–H and O–H groups in total. The highest BCUT2D eigenvalue weighted by atomic mass is 35.5. The highest BCUT2D eigenvalue weighted by Crippen LogP contribution is 2.24. The third-order valence-electron chi connectivity index (χ3n) is 3.63. The van der Waals surface area contributed by atoms with Crippen LogP contribution in [-0.4, -0.2) is 5.91 Å². The van der Waals surface area contributed by atoms with E-state index in [1.165, 1.54) is 0 Å². The van der Waals surface area contributed by atoms with Gasteiger partial charge in [-0.15, -0.1) is 0 Å². The molecule has 1 heterocycles. The van der Waals surface area contributed by atoms with Gasteiger partial charge in [-0.2, -0.15) is 0 Å². The first-order chi connectivity index (χ1) is 11.6. The lowest BCUT2D eigenvalue weighted by Gasteiger charge is -2.17. The summed E-state index contributed by atoms with van der Waals surface area (Å²) in [7, 11) is 0. The number of rotatable bonds is 5. The molecule has 0 radical (unpaired) electrons. The number of carbonyl (C=O) groups is 1. The van der Waals surface area contributed by atoms with Crippen LogP contribution in [0, 0.1) is 0 Å². The van der Waals surface area contributed by atoms with E-state index in [-0.39, 0.29) is 18.4 Å². The molecule has 0 aliphatic heterocycles. The molecule has 1 unspecified atom stereocenters. The molecule has 0 bridgehead atoms. The number of hydrogen-bond donors (Lipinski definition) is 1. The maximum atomic E-state index is 12.5. The number of carbonyl (C=O) groups excluding carboxylic acids is 1. The molecule has 0 fully saturated rings. The van der Waals surface area contributed by atoms with Crippen LogP contribution in [0.1, 0.15) is 22.9 Å². The summed E-state index contributed by atoms with van der Waals surface area (Å²) >= 11 is 12.0. The predicted molar refractivity (Wildman–Crippen MR) is 95.3 cm³/mol. The van der Waals surface area contributed by atoms with Gasteiger partial charge in [-0.1, -0.05) is 59.6 Å². The van der Waals surface area contributed by atoms with Crippen molar-refractivity contribution in [3.8, 4) is 0 Å². The van der Waals surface area contributed by atoms with Gasteiger partial charge < -0.3 is 9.73 Å².